The number of aromatic nitrogens is 2. The van der Waals surface area contributed by atoms with E-state index in [2.05, 4.69) is 5.10 Å². The Balaban J connectivity index is 2.03. The van der Waals surface area contributed by atoms with E-state index in [1.54, 1.807) is 4.68 Å². The molecular weight excluding hydrogens is 216 g/mol. The molecule has 1 atom stereocenters. The van der Waals surface area contributed by atoms with Crippen molar-refractivity contribution < 1.29 is 9.84 Å². The molecule has 96 valence electrons. The zero-order chi connectivity index (χ0) is 12.3. The minimum absolute atomic E-state index is 0.315. The fraction of sp³-hybridized carbons (Fsp3) is 0.769. The first kappa shape index (κ1) is 12.6. The van der Waals surface area contributed by atoms with Crippen LogP contribution in [0.15, 0.2) is 12.4 Å². The Kier molecular flexibility index (Phi) is 3.84. The fourth-order valence-corrected chi connectivity index (χ4v) is 2.82. The quantitative estimate of drug-likeness (QED) is 0.849. The van der Waals surface area contributed by atoms with Crippen molar-refractivity contribution >= 4 is 0 Å². The highest BCUT2D eigenvalue weighted by molar-refractivity contribution is 5.08. The van der Waals surface area contributed by atoms with Gasteiger partial charge in [0, 0.05) is 26.3 Å². The van der Waals surface area contributed by atoms with Gasteiger partial charge in [0.2, 0.25) is 0 Å². The van der Waals surface area contributed by atoms with Crippen molar-refractivity contribution in [1.82, 2.24) is 9.78 Å². The molecule has 1 N–H and O–H groups in total. The van der Waals surface area contributed by atoms with Crippen LogP contribution in [0.1, 0.15) is 38.2 Å². The van der Waals surface area contributed by atoms with E-state index in [9.17, 15) is 5.11 Å². The SMILES string of the molecule is CCOC1(C(O)Cc2cnn(C)c2)CCCC1. The molecular formula is C13H22N2O2. The van der Waals surface area contributed by atoms with E-state index in [4.69, 9.17) is 4.74 Å². The summed E-state index contributed by atoms with van der Waals surface area (Å²) in [7, 11) is 1.89. The number of rotatable bonds is 5. The number of aryl methyl sites for hydroxylation is 1. The molecule has 1 aliphatic carbocycles. The standard InChI is InChI=1S/C13H22N2O2/c1-3-17-13(6-4-5-7-13)12(16)8-11-9-14-15(2)10-11/h9-10,12,16H,3-8H2,1-2H3. The molecule has 0 saturated heterocycles. The predicted octanol–water partition coefficient (Wildman–Crippen LogP) is 1.67. The zero-order valence-electron chi connectivity index (χ0n) is 10.7. The number of hydrogen-bond donors (Lipinski definition) is 1. The maximum Gasteiger partial charge on any atom is 0.0943 e. The Morgan fingerprint density at radius 2 is 2.24 bits per heavy atom. The molecule has 17 heavy (non-hydrogen) atoms. The van der Waals surface area contributed by atoms with Crippen LogP contribution < -0.4 is 0 Å². The van der Waals surface area contributed by atoms with E-state index < -0.39 is 6.10 Å². The Bertz CT molecular complexity index is 356. The van der Waals surface area contributed by atoms with Crippen LogP contribution in [0.25, 0.3) is 0 Å². The number of nitrogens with zero attached hydrogens (tertiary/aromatic N) is 2. The summed E-state index contributed by atoms with van der Waals surface area (Å²) in [4.78, 5) is 0. The Labute approximate surface area is 103 Å². The lowest BCUT2D eigenvalue weighted by atomic mass is 9.90. The number of ether oxygens (including phenoxy) is 1. The van der Waals surface area contributed by atoms with Crippen molar-refractivity contribution in [2.24, 2.45) is 7.05 Å². The van der Waals surface area contributed by atoms with Gasteiger partial charge in [0.25, 0.3) is 0 Å². The van der Waals surface area contributed by atoms with E-state index in [1.807, 2.05) is 26.4 Å². The third-order valence-corrected chi connectivity index (χ3v) is 3.68. The van der Waals surface area contributed by atoms with Crippen LogP contribution >= 0.6 is 0 Å². The van der Waals surface area contributed by atoms with Crippen LogP contribution in [0.5, 0.6) is 0 Å². The van der Waals surface area contributed by atoms with E-state index in [0.717, 1.165) is 31.2 Å². The molecule has 0 amide bonds. The molecule has 4 nitrogen and oxygen atoms in total. The van der Waals surface area contributed by atoms with Crippen molar-refractivity contribution in [2.45, 2.75) is 50.7 Å². The summed E-state index contributed by atoms with van der Waals surface area (Å²) >= 11 is 0. The van der Waals surface area contributed by atoms with Crippen molar-refractivity contribution in [2.75, 3.05) is 6.61 Å². The van der Waals surface area contributed by atoms with Crippen LogP contribution in [-0.2, 0) is 18.2 Å². The summed E-state index contributed by atoms with van der Waals surface area (Å²) in [5.74, 6) is 0. The van der Waals surface area contributed by atoms with Crippen LogP contribution in [0.2, 0.25) is 0 Å². The topological polar surface area (TPSA) is 47.3 Å². The number of aliphatic hydroxyl groups excluding tert-OH is 1. The molecule has 1 saturated carbocycles. The van der Waals surface area contributed by atoms with Gasteiger partial charge in [-0.15, -0.1) is 0 Å². The molecule has 0 aromatic carbocycles. The number of hydrogen-bond acceptors (Lipinski definition) is 3. The zero-order valence-corrected chi connectivity index (χ0v) is 10.7. The molecule has 1 unspecified atom stereocenters. The van der Waals surface area contributed by atoms with E-state index in [-0.39, 0.29) is 5.60 Å². The molecule has 2 rings (SSSR count). The molecule has 0 spiro atoms. The summed E-state index contributed by atoms with van der Waals surface area (Å²) in [6.07, 6.45) is 8.25. The largest absolute Gasteiger partial charge is 0.390 e. The molecule has 1 aromatic rings. The average Bonchev–Trinajstić information content (AvgIpc) is 2.89. The van der Waals surface area contributed by atoms with Gasteiger partial charge in [-0.1, -0.05) is 12.8 Å². The van der Waals surface area contributed by atoms with Crippen LogP contribution in [0.3, 0.4) is 0 Å². The van der Waals surface area contributed by atoms with Crippen LogP contribution in [0, 0.1) is 0 Å². The summed E-state index contributed by atoms with van der Waals surface area (Å²) in [6.45, 7) is 2.67. The summed E-state index contributed by atoms with van der Waals surface area (Å²) < 4.78 is 7.62. The Morgan fingerprint density at radius 1 is 1.53 bits per heavy atom. The molecule has 1 fully saturated rings. The van der Waals surface area contributed by atoms with Gasteiger partial charge in [-0.25, -0.2) is 0 Å². The highest BCUT2D eigenvalue weighted by atomic mass is 16.5. The third-order valence-electron chi connectivity index (χ3n) is 3.68. The van der Waals surface area contributed by atoms with Gasteiger partial charge in [-0.05, 0) is 25.3 Å². The van der Waals surface area contributed by atoms with Gasteiger partial charge in [0.05, 0.1) is 17.9 Å². The lowest BCUT2D eigenvalue weighted by Gasteiger charge is -2.34. The number of aliphatic hydroxyl groups is 1. The van der Waals surface area contributed by atoms with Gasteiger partial charge >= 0.3 is 0 Å². The maximum absolute atomic E-state index is 10.4. The normalized spacial score (nSPS) is 20.6. The third kappa shape index (κ3) is 2.69. The molecule has 0 bridgehead atoms. The molecule has 4 heteroatoms. The minimum Gasteiger partial charge on any atom is -0.390 e. The fourth-order valence-electron chi connectivity index (χ4n) is 2.82. The minimum atomic E-state index is -0.422. The van der Waals surface area contributed by atoms with Gasteiger partial charge in [0.15, 0.2) is 0 Å². The molecule has 1 heterocycles. The van der Waals surface area contributed by atoms with Gasteiger partial charge in [-0.3, -0.25) is 4.68 Å². The predicted molar refractivity (Wildman–Crippen MR) is 65.7 cm³/mol. The van der Waals surface area contributed by atoms with Crippen molar-refractivity contribution in [3.8, 4) is 0 Å². The lowest BCUT2D eigenvalue weighted by molar-refractivity contribution is -0.115. The second-order valence-electron chi connectivity index (χ2n) is 4.95. The molecule has 1 aliphatic rings. The second-order valence-corrected chi connectivity index (χ2v) is 4.95. The van der Waals surface area contributed by atoms with Crippen molar-refractivity contribution in [3.63, 3.8) is 0 Å². The first-order valence-corrected chi connectivity index (χ1v) is 6.46. The summed E-state index contributed by atoms with van der Waals surface area (Å²) in [5.41, 5.74) is 0.760. The Hall–Kier alpha value is -0.870. The first-order valence-electron chi connectivity index (χ1n) is 6.46. The maximum atomic E-state index is 10.4. The highest BCUT2D eigenvalue weighted by Crippen LogP contribution is 2.37. The highest BCUT2D eigenvalue weighted by Gasteiger charge is 2.41. The van der Waals surface area contributed by atoms with E-state index in [0.29, 0.717) is 13.0 Å². The average molecular weight is 238 g/mol. The molecule has 0 aliphatic heterocycles. The second kappa shape index (κ2) is 5.19. The Morgan fingerprint density at radius 3 is 2.76 bits per heavy atom. The monoisotopic (exact) mass is 238 g/mol. The van der Waals surface area contributed by atoms with Crippen LogP contribution in [-0.4, -0.2) is 33.2 Å². The summed E-state index contributed by atoms with van der Waals surface area (Å²) in [5, 5.41) is 14.6. The lowest BCUT2D eigenvalue weighted by Crippen LogP contribution is -2.43. The van der Waals surface area contributed by atoms with Crippen LogP contribution in [0.4, 0.5) is 0 Å². The molecule has 0 radical (unpaired) electrons. The summed E-state index contributed by atoms with van der Waals surface area (Å²) in [6, 6.07) is 0. The van der Waals surface area contributed by atoms with E-state index in [1.165, 1.54) is 0 Å². The van der Waals surface area contributed by atoms with Gasteiger partial charge in [-0.2, -0.15) is 5.10 Å². The van der Waals surface area contributed by atoms with Crippen molar-refractivity contribution in [3.05, 3.63) is 18.0 Å². The van der Waals surface area contributed by atoms with Crippen molar-refractivity contribution in [1.29, 1.82) is 0 Å². The van der Waals surface area contributed by atoms with Gasteiger partial charge < -0.3 is 9.84 Å². The first-order chi connectivity index (χ1) is 8.16. The smallest absolute Gasteiger partial charge is 0.0943 e. The molecule has 1 aromatic heterocycles. The van der Waals surface area contributed by atoms with Gasteiger partial charge in [0.1, 0.15) is 0 Å². The van der Waals surface area contributed by atoms with E-state index >= 15 is 0 Å².